The molecule has 0 aliphatic rings. The summed E-state index contributed by atoms with van der Waals surface area (Å²) in [5.74, 6) is 1.19. The van der Waals surface area contributed by atoms with Crippen LogP contribution in [0.4, 0.5) is 0 Å². The van der Waals surface area contributed by atoms with Gasteiger partial charge in [0.15, 0.2) is 12.2 Å². The number of hydrogen-bond donors (Lipinski definition) is 0. The summed E-state index contributed by atoms with van der Waals surface area (Å²) in [5.41, 5.74) is 0.809. The molecular weight excluding hydrogens is 206 g/mol. The Morgan fingerprint density at radius 2 is 2.38 bits per heavy atom. The molecule has 0 saturated carbocycles. The van der Waals surface area contributed by atoms with Crippen molar-refractivity contribution in [2.75, 3.05) is 0 Å². The predicted molar refractivity (Wildman–Crippen MR) is 54.1 cm³/mol. The number of halogens is 1. The first-order chi connectivity index (χ1) is 6.31. The molecule has 2 aromatic heterocycles. The monoisotopic (exact) mass is 213 g/mol. The third kappa shape index (κ3) is 1.62. The molecule has 0 amide bonds. The molecule has 0 aliphatic carbocycles. The fourth-order valence-electron chi connectivity index (χ4n) is 1.12. The Kier molecular flexibility index (Phi) is 2.38. The van der Waals surface area contributed by atoms with E-state index in [1.165, 1.54) is 11.3 Å². The number of thiophene rings is 1. The maximum atomic E-state index is 5.71. The van der Waals surface area contributed by atoms with Gasteiger partial charge in [0, 0.05) is 4.88 Å². The minimum absolute atomic E-state index is 0.392. The summed E-state index contributed by atoms with van der Waals surface area (Å²) >= 11 is 7.39. The molecule has 0 unspecified atom stereocenters. The second-order valence-corrected chi connectivity index (χ2v) is 4.23. The number of alkyl halides is 1. The van der Waals surface area contributed by atoms with Crippen LogP contribution in [-0.2, 0) is 5.88 Å². The molecule has 0 saturated heterocycles. The lowest BCUT2D eigenvalue weighted by Crippen LogP contribution is -1.78. The van der Waals surface area contributed by atoms with E-state index in [0.717, 1.165) is 16.3 Å². The zero-order chi connectivity index (χ0) is 9.26. The molecule has 4 heteroatoms. The maximum Gasteiger partial charge on any atom is 0.181 e. The van der Waals surface area contributed by atoms with Gasteiger partial charge < -0.3 is 4.42 Å². The highest BCUT2D eigenvalue weighted by molar-refractivity contribution is 7.15. The van der Waals surface area contributed by atoms with Gasteiger partial charge in [-0.3, -0.25) is 0 Å². The van der Waals surface area contributed by atoms with E-state index in [4.69, 9.17) is 16.0 Å². The van der Waals surface area contributed by atoms with Crippen molar-refractivity contribution in [3.63, 3.8) is 0 Å². The van der Waals surface area contributed by atoms with E-state index < -0.39 is 0 Å². The van der Waals surface area contributed by atoms with E-state index in [0.29, 0.717) is 5.88 Å². The minimum atomic E-state index is 0.392. The van der Waals surface area contributed by atoms with Gasteiger partial charge in [-0.05, 0) is 19.1 Å². The summed E-state index contributed by atoms with van der Waals surface area (Å²) in [6.07, 6.45) is 1.43. The Hall–Kier alpha value is -0.800. The Balaban J connectivity index is 2.45. The van der Waals surface area contributed by atoms with Crippen molar-refractivity contribution in [2.45, 2.75) is 12.8 Å². The summed E-state index contributed by atoms with van der Waals surface area (Å²) < 4.78 is 5.27. The summed E-state index contributed by atoms with van der Waals surface area (Å²) in [5, 5.41) is 0. The molecule has 0 atom stereocenters. The Morgan fingerprint density at radius 3 is 3.00 bits per heavy atom. The quantitative estimate of drug-likeness (QED) is 0.715. The van der Waals surface area contributed by atoms with E-state index in [2.05, 4.69) is 18.0 Å². The first-order valence-corrected chi connectivity index (χ1v) is 5.21. The fourth-order valence-corrected chi connectivity index (χ4v) is 2.19. The van der Waals surface area contributed by atoms with Crippen molar-refractivity contribution in [1.29, 1.82) is 0 Å². The molecule has 0 radical (unpaired) electrons. The van der Waals surface area contributed by atoms with Gasteiger partial charge in [-0.15, -0.1) is 22.9 Å². The van der Waals surface area contributed by atoms with Crippen LogP contribution < -0.4 is 0 Å². The van der Waals surface area contributed by atoms with E-state index in [1.54, 1.807) is 11.3 Å². The first kappa shape index (κ1) is 8.78. The van der Waals surface area contributed by atoms with Crippen LogP contribution in [0.3, 0.4) is 0 Å². The highest BCUT2D eigenvalue weighted by Gasteiger charge is 2.10. The summed E-state index contributed by atoms with van der Waals surface area (Å²) in [4.78, 5) is 6.37. The molecule has 0 fully saturated rings. The molecular formula is C9H8ClNOS. The molecule has 0 bridgehead atoms. The van der Waals surface area contributed by atoms with Crippen molar-refractivity contribution >= 4 is 22.9 Å². The topological polar surface area (TPSA) is 26.0 Å². The van der Waals surface area contributed by atoms with Gasteiger partial charge in [0.25, 0.3) is 0 Å². The Bertz CT molecular complexity index is 407. The lowest BCUT2D eigenvalue weighted by molar-refractivity contribution is 0.572. The average molecular weight is 214 g/mol. The minimum Gasteiger partial charge on any atom is -0.442 e. The predicted octanol–water partition coefficient (Wildman–Crippen LogP) is 3.45. The Labute approximate surface area is 85.2 Å². The molecule has 2 nitrogen and oxygen atoms in total. The van der Waals surface area contributed by atoms with Crippen molar-refractivity contribution in [3.8, 4) is 10.6 Å². The van der Waals surface area contributed by atoms with Crippen LogP contribution in [0.1, 0.15) is 10.6 Å². The van der Waals surface area contributed by atoms with Gasteiger partial charge in [-0.2, -0.15) is 0 Å². The fraction of sp³-hybridized carbons (Fsp3) is 0.222. The number of rotatable bonds is 2. The normalized spacial score (nSPS) is 10.6. The summed E-state index contributed by atoms with van der Waals surface area (Å²) in [6.45, 7) is 2.06. The van der Waals surface area contributed by atoms with Crippen LogP contribution in [-0.4, -0.2) is 4.98 Å². The molecule has 68 valence electrons. The standard InChI is InChI=1S/C9H8ClNOS/c1-6-2-3-8(13-6)9-7(4-10)11-5-12-9/h2-3,5H,4H2,1H3. The molecule has 0 N–H and O–H groups in total. The van der Waals surface area contributed by atoms with Gasteiger partial charge in [-0.1, -0.05) is 0 Å². The van der Waals surface area contributed by atoms with Gasteiger partial charge in [0.1, 0.15) is 5.69 Å². The lowest BCUT2D eigenvalue weighted by atomic mass is 10.3. The highest BCUT2D eigenvalue weighted by Crippen LogP contribution is 2.30. The number of oxazole rings is 1. The van der Waals surface area contributed by atoms with Crippen LogP contribution in [0.25, 0.3) is 10.6 Å². The third-order valence-corrected chi connectivity index (χ3v) is 2.98. The maximum absolute atomic E-state index is 5.71. The van der Waals surface area contributed by atoms with Crippen LogP contribution in [0, 0.1) is 6.92 Å². The van der Waals surface area contributed by atoms with Gasteiger partial charge in [-0.25, -0.2) is 4.98 Å². The van der Waals surface area contributed by atoms with E-state index >= 15 is 0 Å². The van der Waals surface area contributed by atoms with E-state index in [9.17, 15) is 0 Å². The third-order valence-electron chi connectivity index (χ3n) is 1.73. The molecule has 0 aliphatic heterocycles. The number of aromatic nitrogens is 1. The number of hydrogen-bond acceptors (Lipinski definition) is 3. The molecule has 2 rings (SSSR count). The van der Waals surface area contributed by atoms with Gasteiger partial charge in [0.2, 0.25) is 0 Å². The molecule has 0 spiro atoms. The van der Waals surface area contributed by atoms with Gasteiger partial charge >= 0.3 is 0 Å². The second-order valence-electron chi connectivity index (χ2n) is 2.67. The van der Waals surface area contributed by atoms with Crippen molar-refractivity contribution in [2.24, 2.45) is 0 Å². The lowest BCUT2D eigenvalue weighted by Gasteiger charge is -1.91. The summed E-state index contributed by atoms with van der Waals surface area (Å²) in [6, 6.07) is 4.08. The molecule has 0 aromatic carbocycles. The number of aryl methyl sites for hydroxylation is 1. The SMILES string of the molecule is Cc1ccc(-c2ocnc2CCl)s1. The van der Waals surface area contributed by atoms with E-state index in [-0.39, 0.29) is 0 Å². The van der Waals surface area contributed by atoms with E-state index in [1.807, 2.05) is 6.07 Å². The Morgan fingerprint density at radius 1 is 1.54 bits per heavy atom. The highest BCUT2D eigenvalue weighted by atomic mass is 35.5. The van der Waals surface area contributed by atoms with Crippen LogP contribution in [0.5, 0.6) is 0 Å². The molecule has 2 heterocycles. The van der Waals surface area contributed by atoms with Crippen molar-refractivity contribution < 1.29 is 4.42 Å². The number of nitrogens with zero attached hydrogens (tertiary/aromatic N) is 1. The zero-order valence-electron chi connectivity index (χ0n) is 7.08. The van der Waals surface area contributed by atoms with Crippen molar-refractivity contribution in [1.82, 2.24) is 4.98 Å². The molecule has 2 aromatic rings. The van der Waals surface area contributed by atoms with Crippen LogP contribution in [0.2, 0.25) is 0 Å². The van der Waals surface area contributed by atoms with Crippen LogP contribution >= 0.6 is 22.9 Å². The smallest absolute Gasteiger partial charge is 0.181 e. The summed E-state index contributed by atoms with van der Waals surface area (Å²) in [7, 11) is 0. The largest absolute Gasteiger partial charge is 0.442 e. The average Bonchev–Trinajstić information content (AvgIpc) is 2.71. The zero-order valence-corrected chi connectivity index (χ0v) is 8.65. The van der Waals surface area contributed by atoms with Gasteiger partial charge in [0.05, 0.1) is 10.8 Å². The molecule has 13 heavy (non-hydrogen) atoms. The van der Waals surface area contributed by atoms with Crippen LogP contribution in [0.15, 0.2) is 22.9 Å². The van der Waals surface area contributed by atoms with Crippen molar-refractivity contribution in [3.05, 3.63) is 29.1 Å². The first-order valence-electron chi connectivity index (χ1n) is 3.86. The second kappa shape index (κ2) is 3.52.